The Morgan fingerprint density at radius 1 is 1.27 bits per heavy atom. The van der Waals surface area contributed by atoms with Gasteiger partial charge in [-0.15, -0.1) is 5.11 Å². The van der Waals surface area contributed by atoms with Crippen LogP contribution in [0.1, 0.15) is 11.1 Å². The molecule has 0 bridgehead atoms. The lowest BCUT2D eigenvalue weighted by Gasteiger charge is -2.01. The summed E-state index contributed by atoms with van der Waals surface area (Å²) < 4.78 is 0. The number of benzene rings is 1. The Hall–Kier alpha value is -1.75. The highest BCUT2D eigenvalue weighted by Crippen LogP contribution is 2.06. The number of amidine groups is 1. The third kappa shape index (κ3) is 3.14. The SMILES string of the molecule is CN=N/C(=N\N)c1ccc(CCN)cc1. The molecule has 15 heavy (non-hydrogen) atoms. The average Bonchev–Trinajstić information content (AvgIpc) is 2.28. The van der Waals surface area contributed by atoms with Gasteiger partial charge in [0, 0.05) is 12.6 Å². The molecule has 0 aromatic heterocycles. The zero-order valence-electron chi connectivity index (χ0n) is 8.72. The molecule has 5 nitrogen and oxygen atoms in total. The number of nitrogens with zero attached hydrogens (tertiary/aromatic N) is 3. The molecule has 5 heteroatoms. The quantitative estimate of drug-likeness (QED) is 0.252. The van der Waals surface area contributed by atoms with Crippen molar-refractivity contribution in [2.45, 2.75) is 6.42 Å². The highest BCUT2D eigenvalue weighted by molar-refractivity contribution is 5.98. The fraction of sp³-hybridized carbons (Fsp3) is 0.300. The zero-order chi connectivity index (χ0) is 11.1. The highest BCUT2D eigenvalue weighted by atomic mass is 15.2. The van der Waals surface area contributed by atoms with Crippen molar-refractivity contribution in [1.29, 1.82) is 0 Å². The summed E-state index contributed by atoms with van der Waals surface area (Å²) in [5.74, 6) is 5.63. The first-order chi connectivity index (χ1) is 7.31. The van der Waals surface area contributed by atoms with E-state index in [4.69, 9.17) is 11.6 Å². The average molecular weight is 205 g/mol. The van der Waals surface area contributed by atoms with Crippen LogP contribution in [0.2, 0.25) is 0 Å². The van der Waals surface area contributed by atoms with Gasteiger partial charge in [0.2, 0.25) is 0 Å². The minimum absolute atomic E-state index is 0.428. The molecule has 1 aromatic rings. The predicted octanol–water partition coefficient (Wildman–Crippen LogP) is 0.890. The van der Waals surface area contributed by atoms with Crippen LogP contribution < -0.4 is 11.6 Å². The Morgan fingerprint density at radius 3 is 2.40 bits per heavy atom. The fourth-order valence-electron chi connectivity index (χ4n) is 1.24. The van der Waals surface area contributed by atoms with E-state index in [9.17, 15) is 0 Å². The van der Waals surface area contributed by atoms with Crippen LogP contribution in [0, 0.1) is 0 Å². The van der Waals surface area contributed by atoms with E-state index in [0.29, 0.717) is 12.4 Å². The van der Waals surface area contributed by atoms with E-state index in [1.165, 1.54) is 5.56 Å². The van der Waals surface area contributed by atoms with Crippen molar-refractivity contribution < 1.29 is 0 Å². The van der Waals surface area contributed by atoms with Crippen LogP contribution in [0.4, 0.5) is 0 Å². The first kappa shape index (κ1) is 11.3. The third-order valence-electron chi connectivity index (χ3n) is 1.96. The van der Waals surface area contributed by atoms with E-state index < -0.39 is 0 Å². The molecule has 0 amide bonds. The van der Waals surface area contributed by atoms with Gasteiger partial charge in [-0.1, -0.05) is 24.3 Å². The van der Waals surface area contributed by atoms with E-state index in [-0.39, 0.29) is 0 Å². The second-order valence-electron chi connectivity index (χ2n) is 2.99. The molecular formula is C10H15N5. The molecule has 0 aliphatic rings. The topological polar surface area (TPSA) is 89.1 Å². The third-order valence-corrected chi connectivity index (χ3v) is 1.96. The molecule has 1 rings (SSSR count). The monoisotopic (exact) mass is 205 g/mol. The molecule has 4 N–H and O–H groups in total. The molecule has 0 aliphatic heterocycles. The van der Waals surface area contributed by atoms with Gasteiger partial charge in [-0.3, -0.25) is 0 Å². The van der Waals surface area contributed by atoms with Crippen molar-refractivity contribution in [1.82, 2.24) is 0 Å². The van der Waals surface area contributed by atoms with Gasteiger partial charge in [0.25, 0.3) is 0 Å². The minimum atomic E-state index is 0.428. The molecule has 0 radical (unpaired) electrons. The fourth-order valence-corrected chi connectivity index (χ4v) is 1.24. The molecule has 0 fully saturated rings. The highest BCUT2D eigenvalue weighted by Gasteiger charge is 2.01. The van der Waals surface area contributed by atoms with Gasteiger partial charge in [0.1, 0.15) is 0 Å². The van der Waals surface area contributed by atoms with Crippen molar-refractivity contribution in [2.24, 2.45) is 26.9 Å². The molecule has 0 heterocycles. The largest absolute Gasteiger partial charge is 0.330 e. The maximum absolute atomic E-state index is 5.46. The summed E-state index contributed by atoms with van der Waals surface area (Å²) in [5.41, 5.74) is 7.49. The summed E-state index contributed by atoms with van der Waals surface area (Å²) in [6.45, 7) is 0.645. The second kappa shape index (κ2) is 5.87. The van der Waals surface area contributed by atoms with Crippen molar-refractivity contribution in [3.8, 4) is 0 Å². The summed E-state index contributed by atoms with van der Waals surface area (Å²) in [4.78, 5) is 0. The Morgan fingerprint density at radius 2 is 1.93 bits per heavy atom. The number of rotatable bonds is 3. The predicted molar refractivity (Wildman–Crippen MR) is 60.7 cm³/mol. The number of nitrogens with two attached hydrogens (primary N) is 2. The van der Waals surface area contributed by atoms with Crippen molar-refractivity contribution in [3.63, 3.8) is 0 Å². The lowest BCUT2D eigenvalue weighted by molar-refractivity contribution is 0.968. The second-order valence-corrected chi connectivity index (χ2v) is 2.99. The Bertz CT molecular complexity index is 353. The smallest absolute Gasteiger partial charge is 0.200 e. The van der Waals surface area contributed by atoms with E-state index in [2.05, 4.69) is 15.3 Å². The molecule has 0 saturated carbocycles. The number of azo groups is 1. The van der Waals surface area contributed by atoms with Gasteiger partial charge < -0.3 is 11.6 Å². The normalized spacial score (nSPS) is 12.3. The lowest BCUT2D eigenvalue weighted by Crippen LogP contribution is -2.04. The zero-order valence-corrected chi connectivity index (χ0v) is 8.72. The first-order valence-corrected chi connectivity index (χ1v) is 4.69. The number of hydrazone groups is 1. The molecule has 0 spiro atoms. The Balaban J connectivity index is 2.87. The van der Waals surface area contributed by atoms with Crippen LogP contribution in [-0.2, 0) is 6.42 Å². The molecule has 1 aromatic carbocycles. The summed E-state index contributed by atoms with van der Waals surface area (Å²) >= 11 is 0. The number of hydrogen-bond donors (Lipinski definition) is 2. The molecular weight excluding hydrogens is 190 g/mol. The summed E-state index contributed by atoms with van der Waals surface area (Å²) in [5, 5.41) is 11.0. The van der Waals surface area contributed by atoms with Crippen molar-refractivity contribution in [2.75, 3.05) is 13.6 Å². The molecule has 80 valence electrons. The summed E-state index contributed by atoms with van der Waals surface area (Å²) in [6, 6.07) is 7.79. The van der Waals surface area contributed by atoms with E-state index in [1.54, 1.807) is 7.05 Å². The lowest BCUT2D eigenvalue weighted by atomic mass is 10.1. The van der Waals surface area contributed by atoms with Gasteiger partial charge in [-0.05, 0) is 18.5 Å². The summed E-state index contributed by atoms with van der Waals surface area (Å²) in [7, 11) is 1.58. The van der Waals surface area contributed by atoms with E-state index >= 15 is 0 Å². The number of hydrogen-bond acceptors (Lipinski definition) is 4. The van der Waals surface area contributed by atoms with E-state index in [0.717, 1.165) is 12.0 Å². The van der Waals surface area contributed by atoms with Crippen LogP contribution >= 0.6 is 0 Å². The van der Waals surface area contributed by atoms with Crippen LogP contribution in [0.5, 0.6) is 0 Å². The summed E-state index contributed by atoms with van der Waals surface area (Å²) in [6.07, 6.45) is 0.866. The van der Waals surface area contributed by atoms with Gasteiger partial charge in [-0.25, -0.2) is 0 Å². The molecule has 0 atom stereocenters. The molecule has 0 unspecified atom stereocenters. The van der Waals surface area contributed by atoms with Gasteiger partial charge in [-0.2, -0.15) is 10.2 Å². The van der Waals surface area contributed by atoms with E-state index in [1.807, 2.05) is 24.3 Å². The van der Waals surface area contributed by atoms with Gasteiger partial charge >= 0.3 is 0 Å². The van der Waals surface area contributed by atoms with Gasteiger partial charge in [0.15, 0.2) is 5.84 Å². The molecule has 0 saturated heterocycles. The Kier molecular flexibility index (Phi) is 4.43. The standard InChI is InChI=1S/C10H15N5/c1-13-15-10(14-12)9-4-2-8(3-5-9)6-7-11/h2-5H,6-7,11-12H2,1H3/b14-10-,15-13?. The van der Waals surface area contributed by atoms with Crippen LogP contribution in [-0.4, -0.2) is 19.4 Å². The van der Waals surface area contributed by atoms with Crippen LogP contribution in [0.3, 0.4) is 0 Å². The Labute approximate surface area is 88.9 Å². The van der Waals surface area contributed by atoms with Crippen LogP contribution in [0.15, 0.2) is 39.6 Å². The maximum Gasteiger partial charge on any atom is 0.200 e. The van der Waals surface area contributed by atoms with Crippen molar-refractivity contribution in [3.05, 3.63) is 35.4 Å². The van der Waals surface area contributed by atoms with Gasteiger partial charge in [0.05, 0.1) is 0 Å². The van der Waals surface area contributed by atoms with Crippen LogP contribution in [0.25, 0.3) is 0 Å². The minimum Gasteiger partial charge on any atom is -0.330 e. The first-order valence-electron chi connectivity index (χ1n) is 4.69. The maximum atomic E-state index is 5.46. The van der Waals surface area contributed by atoms with Crippen molar-refractivity contribution >= 4 is 5.84 Å². The molecule has 0 aliphatic carbocycles.